The minimum Gasteiger partial charge on any atom is -0.495 e. The fourth-order valence-electron chi connectivity index (χ4n) is 4.10. The number of allylic oxidation sites excluding steroid dienone is 1. The molecule has 238 valence electrons. The third-order valence-corrected chi connectivity index (χ3v) is 7.10. The number of rotatable bonds is 8. The molecule has 1 atom stereocenters. The number of amides is 1. The van der Waals surface area contributed by atoms with Crippen LogP contribution in [0.2, 0.25) is 0 Å². The SMILES string of the molecule is CC.CC#CC1CC1.COC1=CNC(C(F)F)C=C1c1cc(-n2ccc(OC3COC3)cc2=O)ncc1C(=O)Nc1nncs1. The lowest BCUT2D eigenvalue weighted by Gasteiger charge is -2.26. The van der Waals surface area contributed by atoms with E-state index in [2.05, 4.69) is 37.7 Å². The molecule has 3 aliphatic rings. The molecule has 0 aromatic carbocycles. The van der Waals surface area contributed by atoms with E-state index in [0.717, 1.165) is 17.3 Å². The first-order valence-electron chi connectivity index (χ1n) is 14.3. The van der Waals surface area contributed by atoms with Gasteiger partial charge < -0.3 is 19.5 Å². The number of hydrogen-bond acceptors (Lipinski definition) is 10. The van der Waals surface area contributed by atoms with E-state index < -0.39 is 23.9 Å². The number of pyridine rings is 2. The Morgan fingerprint density at radius 2 is 2.04 bits per heavy atom. The first-order chi connectivity index (χ1) is 21.9. The zero-order valence-electron chi connectivity index (χ0n) is 25.3. The predicted octanol–water partition coefficient (Wildman–Crippen LogP) is 4.67. The molecule has 5 heterocycles. The van der Waals surface area contributed by atoms with E-state index in [4.69, 9.17) is 14.2 Å². The van der Waals surface area contributed by atoms with Crippen molar-refractivity contribution >= 4 is 27.9 Å². The molecule has 1 saturated carbocycles. The van der Waals surface area contributed by atoms with Crippen molar-refractivity contribution in [3.8, 4) is 23.4 Å². The van der Waals surface area contributed by atoms with Gasteiger partial charge in [-0.05, 0) is 38.0 Å². The Kier molecular flexibility index (Phi) is 11.8. The van der Waals surface area contributed by atoms with Gasteiger partial charge in [0.1, 0.15) is 35.0 Å². The van der Waals surface area contributed by atoms with Gasteiger partial charge in [0.2, 0.25) is 5.13 Å². The topological polar surface area (TPSA) is 129 Å². The quantitative estimate of drug-likeness (QED) is 0.338. The van der Waals surface area contributed by atoms with Crippen LogP contribution in [0.5, 0.6) is 5.75 Å². The number of hydrogen-bond donors (Lipinski definition) is 2. The summed E-state index contributed by atoms with van der Waals surface area (Å²) in [4.78, 5) is 30.3. The maximum Gasteiger partial charge on any atom is 0.261 e. The van der Waals surface area contributed by atoms with E-state index in [0.29, 0.717) is 19.0 Å². The number of methoxy groups -OCH3 is 1. The van der Waals surface area contributed by atoms with Crippen LogP contribution in [0.1, 0.15) is 49.5 Å². The minimum atomic E-state index is -2.72. The van der Waals surface area contributed by atoms with Gasteiger partial charge in [-0.15, -0.1) is 22.0 Å². The molecule has 45 heavy (non-hydrogen) atoms. The standard InChI is InChI=1S/C23H20F2N6O5S.C6H8.C2H6/c1-34-18-8-26-17(21(24)25)5-15(18)14-6-19(27-7-16(14)22(33)29-23-30-28-11-37-23)31-3-2-12(4-20(31)32)36-13-9-35-10-13;1-2-3-6-4-5-6;1-2/h2-8,11,13,17,21,26H,9-10H2,1H3,(H,29,30,33);6H,4-5H2,1H3;1-2H3. The second-order valence-corrected chi connectivity index (χ2v) is 10.5. The smallest absolute Gasteiger partial charge is 0.261 e. The van der Waals surface area contributed by atoms with Crippen LogP contribution in [-0.4, -0.2) is 64.6 Å². The molecule has 1 saturated heterocycles. The van der Waals surface area contributed by atoms with Crippen LogP contribution in [0.15, 0.2) is 58.9 Å². The van der Waals surface area contributed by atoms with Crippen molar-refractivity contribution < 1.29 is 27.8 Å². The van der Waals surface area contributed by atoms with Crippen molar-refractivity contribution in [3.05, 3.63) is 75.6 Å². The highest BCUT2D eigenvalue weighted by Crippen LogP contribution is 2.32. The van der Waals surface area contributed by atoms with Gasteiger partial charge in [0.05, 0.1) is 25.9 Å². The summed E-state index contributed by atoms with van der Waals surface area (Å²) in [7, 11) is 1.38. The first-order valence-corrected chi connectivity index (χ1v) is 15.2. The summed E-state index contributed by atoms with van der Waals surface area (Å²) in [6.45, 7) is 6.80. The maximum absolute atomic E-state index is 13.6. The molecule has 2 N–H and O–H groups in total. The summed E-state index contributed by atoms with van der Waals surface area (Å²) in [5.74, 6) is 6.91. The molecule has 14 heteroatoms. The molecule has 0 bridgehead atoms. The minimum absolute atomic E-state index is 0.0565. The molecule has 1 amide bonds. The molecule has 0 spiro atoms. The molecule has 1 unspecified atom stereocenters. The molecule has 3 aromatic rings. The number of dihydropyridines is 1. The number of ether oxygens (including phenoxy) is 3. The fraction of sp³-hybridized carbons (Fsp3) is 0.387. The van der Waals surface area contributed by atoms with Crippen LogP contribution >= 0.6 is 11.3 Å². The van der Waals surface area contributed by atoms with E-state index >= 15 is 0 Å². The van der Waals surface area contributed by atoms with Crippen molar-refractivity contribution in [2.45, 2.75) is 52.2 Å². The van der Waals surface area contributed by atoms with Crippen molar-refractivity contribution in [2.75, 3.05) is 25.6 Å². The van der Waals surface area contributed by atoms with Crippen LogP contribution < -0.4 is 20.9 Å². The number of anilines is 1. The molecular formula is C31H34F2N6O5S. The number of carbonyl (C=O) groups is 1. The number of aromatic nitrogens is 4. The van der Waals surface area contributed by atoms with Crippen LogP contribution in [0, 0.1) is 17.8 Å². The van der Waals surface area contributed by atoms with Gasteiger partial charge in [-0.1, -0.05) is 25.2 Å². The van der Waals surface area contributed by atoms with Crippen LogP contribution in [-0.2, 0) is 9.47 Å². The van der Waals surface area contributed by atoms with E-state index in [1.807, 2.05) is 20.8 Å². The Bertz CT molecular complexity index is 1640. The lowest BCUT2D eigenvalue weighted by atomic mass is 9.95. The second kappa shape index (κ2) is 15.9. The zero-order chi connectivity index (χ0) is 32.3. The van der Waals surface area contributed by atoms with Gasteiger partial charge in [0, 0.05) is 41.7 Å². The molecule has 1 aliphatic carbocycles. The van der Waals surface area contributed by atoms with Crippen molar-refractivity contribution in [2.24, 2.45) is 5.92 Å². The Labute approximate surface area is 263 Å². The largest absolute Gasteiger partial charge is 0.495 e. The van der Waals surface area contributed by atoms with Crippen LogP contribution in [0.4, 0.5) is 13.9 Å². The van der Waals surface area contributed by atoms with Gasteiger partial charge in [-0.3, -0.25) is 19.5 Å². The number of carbonyl (C=O) groups excluding carboxylic acids is 1. The third-order valence-electron chi connectivity index (χ3n) is 6.49. The average molecular weight is 641 g/mol. The Balaban J connectivity index is 0.000000509. The normalized spacial score (nSPS) is 16.9. The van der Waals surface area contributed by atoms with Crippen LogP contribution in [0.3, 0.4) is 0 Å². The molecule has 11 nitrogen and oxygen atoms in total. The first kappa shape index (κ1) is 33.3. The molecule has 6 rings (SSSR count). The summed E-state index contributed by atoms with van der Waals surface area (Å²) in [6.07, 6.45) is 5.18. The third kappa shape index (κ3) is 8.74. The predicted molar refractivity (Wildman–Crippen MR) is 166 cm³/mol. The number of halogens is 2. The maximum atomic E-state index is 13.6. The highest BCUT2D eigenvalue weighted by Gasteiger charge is 2.28. The van der Waals surface area contributed by atoms with Gasteiger partial charge in [0.25, 0.3) is 17.9 Å². The zero-order valence-corrected chi connectivity index (χ0v) is 26.1. The van der Waals surface area contributed by atoms with Gasteiger partial charge >= 0.3 is 0 Å². The van der Waals surface area contributed by atoms with Gasteiger partial charge in [0.15, 0.2) is 0 Å². The van der Waals surface area contributed by atoms with E-state index in [1.54, 1.807) is 6.07 Å². The monoisotopic (exact) mass is 640 g/mol. The summed E-state index contributed by atoms with van der Waals surface area (Å²) < 4.78 is 44.5. The van der Waals surface area contributed by atoms with Crippen molar-refractivity contribution in [1.82, 2.24) is 25.1 Å². The molecule has 2 aliphatic heterocycles. The van der Waals surface area contributed by atoms with Crippen molar-refractivity contribution in [3.63, 3.8) is 0 Å². The lowest BCUT2D eigenvalue weighted by molar-refractivity contribution is -0.0797. The summed E-state index contributed by atoms with van der Waals surface area (Å²) in [5.41, 5.74) is 1.53. The molecule has 0 radical (unpaired) electrons. The lowest BCUT2D eigenvalue weighted by Crippen LogP contribution is -2.38. The number of nitrogens with zero attached hydrogens (tertiary/aromatic N) is 4. The fourth-order valence-corrected chi connectivity index (χ4v) is 4.54. The summed E-state index contributed by atoms with van der Waals surface area (Å²) in [6, 6.07) is 3.06. The Morgan fingerprint density at radius 1 is 1.27 bits per heavy atom. The summed E-state index contributed by atoms with van der Waals surface area (Å²) in [5, 5.41) is 12.9. The highest BCUT2D eigenvalue weighted by molar-refractivity contribution is 7.13. The highest BCUT2D eigenvalue weighted by atomic mass is 32.1. The van der Waals surface area contributed by atoms with E-state index in [-0.39, 0.29) is 39.5 Å². The summed E-state index contributed by atoms with van der Waals surface area (Å²) >= 11 is 1.11. The van der Waals surface area contributed by atoms with E-state index in [9.17, 15) is 18.4 Å². The number of nitrogens with one attached hydrogen (secondary N) is 2. The van der Waals surface area contributed by atoms with Crippen LogP contribution in [0.25, 0.3) is 11.4 Å². The number of alkyl halides is 2. The molecule has 3 aromatic heterocycles. The Hall–Kier alpha value is -4.61. The van der Waals surface area contributed by atoms with Gasteiger partial charge in [-0.25, -0.2) is 13.8 Å². The molecular weight excluding hydrogens is 606 g/mol. The van der Waals surface area contributed by atoms with E-state index in [1.165, 1.54) is 66.8 Å². The van der Waals surface area contributed by atoms with Gasteiger partial charge in [-0.2, -0.15) is 0 Å². The molecule has 2 fully saturated rings. The van der Waals surface area contributed by atoms with Crippen molar-refractivity contribution in [1.29, 1.82) is 0 Å². The Morgan fingerprint density at radius 3 is 2.60 bits per heavy atom. The average Bonchev–Trinajstić information content (AvgIpc) is 3.71. The second-order valence-electron chi connectivity index (χ2n) is 9.62.